The highest BCUT2D eigenvalue weighted by molar-refractivity contribution is 7.13. The highest BCUT2D eigenvalue weighted by Crippen LogP contribution is 2.37. The van der Waals surface area contributed by atoms with Gasteiger partial charge in [0.05, 0.1) is 11.7 Å². The maximum absolute atomic E-state index is 11.8. The van der Waals surface area contributed by atoms with E-state index in [1.807, 2.05) is 48.5 Å². The summed E-state index contributed by atoms with van der Waals surface area (Å²) in [6, 6.07) is 15.5. The van der Waals surface area contributed by atoms with E-state index in [4.69, 9.17) is 28.2 Å². The molecule has 0 bridgehead atoms. The molecule has 0 radical (unpaired) electrons. The van der Waals surface area contributed by atoms with Gasteiger partial charge >= 0.3 is 5.97 Å². The Kier molecular flexibility index (Phi) is 6.20. The number of aromatic nitrogens is 1. The highest BCUT2D eigenvalue weighted by atomic mass is 35.5. The van der Waals surface area contributed by atoms with Crippen LogP contribution >= 0.6 is 34.5 Å². The van der Waals surface area contributed by atoms with Crippen molar-refractivity contribution in [2.45, 2.75) is 31.8 Å². The Morgan fingerprint density at radius 3 is 2.31 bits per heavy atom. The summed E-state index contributed by atoms with van der Waals surface area (Å²) in [6.07, 6.45) is 2.55. The lowest BCUT2D eigenvalue weighted by Crippen LogP contribution is -2.22. The fourth-order valence-electron chi connectivity index (χ4n) is 3.71. The molecule has 7 heteroatoms. The molecule has 2 aromatic carbocycles. The zero-order valence-corrected chi connectivity index (χ0v) is 18.0. The Balaban J connectivity index is 1.57. The van der Waals surface area contributed by atoms with Gasteiger partial charge in [-0.3, -0.25) is 4.90 Å². The van der Waals surface area contributed by atoms with Crippen LogP contribution < -0.4 is 0 Å². The molecule has 4 rings (SSSR count). The Bertz CT molecular complexity index is 1000. The van der Waals surface area contributed by atoms with Crippen LogP contribution in [0, 0.1) is 0 Å². The van der Waals surface area contributed by atoms with Gasteiger partial charge in [0.15, 0.2) is 0 Å². The van der Waals surface area contributed by atoms with Crippen LogP contribution in [-0.4, -0.2) is 27.5 Å². The first-order valence-corrected chi connectivity index (χ1v) is 11.0. The van der Waals surface area contributed by atoms with Gasteiger partial charge in [-0.2, -0.15) is 0 Å². The third-order valence-electron chi connectivity index (χ3n) is 5.14. The summed E-state index contributed by atoms with van der Waals surface area (Å²) in [6.45, 7) is 1.78. The Morgan fingerprint density at radius 2 is 1.69 bits per heavy atom. The molecule has 3 aromatic rings. The number of carboxylic acid groups (broad SMARTS) is 1. The van der Waals surface area contributed by atoms with Gasteiger partial charge in [0.2, 0.25) is 0 Å². The third-order valence-corrected chi connectivity index (χ3v) is 6.83. The van der Waals surface area contributed by atoms with E-state index in [1.165, 1.54) is 16.9 Å². The van der Waals surface area contributed by atoms with Crippen molar-refractivity contribution in [3.05, 3.63) is 85.3 Å². The fraction of sp³-hybridized carbons (Fsp3) is 0.273. The van der Waals surface area contributed by atoms with Gasteiger partial charge in [0, 0.05) is 23.0 Å². The van der Waals surface area contributed by atoms with Crippen molar-refractivity contribution in [1.29, 1.82) is 0 Å². The number of thiazole rings is 1. The number of aromatic carboxylic acids is 1. The molecule has 1 aromatic heterocycles. The average Bonchev–Trinajstić information content (AvgIpc) is 3.32. The quantitative estimate of drug-likeness (QED) is 0.498. The summed E-state index contributed by atoms with van der Waals surface area (Å²) < 4.78 is 0. The Labute approximate surface area is 183 Å². The average molecular weight is 447 g/mol. The summed E-state index contributed by atoms with van der Waals surface area (Å²) in [5.41, 5.74) is 2.81. The van der Waals surface area contributed by atoms with Crippen LogP contribution in [0.4, 0.5) is 0 Å². The predicted molar refractivity (Wildman–Crippen MR) is 117 cm³/mol. The van der Waals surface area contributed by atoms with E-state index in [0.29, 0.717) is 22.0 Å². The van der Waals surface area contributed by atoms with Gasteiger partial charge < -0.3 is 5.11 Å². The number of carbonyl (C=O) groups is 1. The van der Waals surface area contributed by atoms with Crippen molar-refractivity contribution in [3.63, 3.8) is 0 Å². The molecule has 0 amide bonds. The number of carboxylic acids is 1. The van der Waals surface area contributed by atoms with Crippen LogP contribution in [0.1, 0.15) is 50.4 Å². The lowest BCUT2D eigenvalue weighted by molar-refractivity contribution is 0.0701. The molecule has 1 atom stereocenters. The van der Waals surface area contributed by atoms with Crippen molar-refractivity contribution in [3.8, 4) is 0 Å². The molecule has 150 valence electrons. The Hall–Kier alpha value is -1.92. The van der Waals surface area contributed by atoms with Crippen molar-refractivity contribution >= 4 is 40.5 Å². The fourth-order valence-corrected chi connectivity index (χ4v) is 5.06. The normalized spacial score (nSPS) is 17.0. The van der Waals surface area contributed by atoms with E-state index in [0.717, 1.165) is 41.5 Å². The summed E-state index contributed by atoms with van der Waals surface area (Å²) >= 11 is 13.3. The van der Waals surface area contributed by atoms with Crippen LogP contribution in [0.2, 0.25) is 10.0 Å². The van der Waals surface area contributed by atoms with Gasteiger partial charge in [-0.15, -0.1) is 11.3 Å². The second-order valence-corrected chi connectivity index (χ2v) is 9.09. The van der Waals surface area contributed by atoms with Crippen LogP contribution in [0.5, 0.6) is 0 Å². The van der Waals surface area contributed by atoms with Gasteiger partial charge in [-0.05, 0) is 54.8 Å². The lowest BCUT2D eigenvalue weighted by Gasteiger charge is -2.22. The maximum Gasteiger partial charge on any atom is 0.347 e. The zero-order valence-electron chi connectivity index (χ0n) is 15.6. The maximum atomic E-state index is 11.8. The molecule has 29 heavy (non-hydrogen) atoms. The number of halogens is 2. The van der Waals surface area contributed by atoms with Crippen molar-refractivity contribution < 1.29 is 9.90 Å². The molecule has 0 spiro atoms. The van der Waals surface area contributed by atoms with Gasteiger partial charge in [0.25, 0.3) is 0 Å². The van der Waals surface area contributed by atoms with Gasteiger partial charge in [-0.25, -0.2) is 9.78 Å². The van der Waals surface area contributed by atoms with Crippen molar-refractivity contribution in [1.82, 2.24) is 9.88 Å². The number of likely N-dealkylation sites (tertiary alicyclic amines) is 1. The molecule has 1 saturated heterocycles. The molecular formula is C22H20Cl2N2O2S. The van der Waals surface area contributed by atoms with E-state index in [-0.39, 0.29) is 6.04 Å². The van der Waals surface area contributed by atoms with E-state index in [9.17, 15) is 9.90 Å². The lowest BCUT2D eigenvalue weighted by atomic mass is 10.1. The molecule has 1 N–H and O–H groups in total. The summed E-state index contributed by atoms with van der Waals surface area (Å²) in [4.78, 5) is 19.3. The number of hydrogen-bond donors (Lipinski definition) is 1. The van der Waals surface area contributed by atoms with E-state index in [2.05, 4.69) is 4.90 Å². The standard InChI is InChI=1S/C22H20Cl2N2O2S/c23-16-7-3-14(4-8-16)12-18-20(22(27)28)29-21(25-18)19-2-1-11-26(19)13-15-5-9-17(24)10-6-15/h3-10,19H,1-2,11-13H2,(H,27,28)/t19-/m1/s1. The minimum absolute atomic E-state index is 0.146. The first-order valence-electron chi connectivity index (χ1n) is 9.45. The minimum atomic E-state index is -0.917. The zero-order chi connectivity index (χ0) is 20.4. The van der Waals surface area contributed by atoms with Crippen LogP contribution in [0.3, 0.4) is 0 Å². The predicted octanol–water partition coefficient (Wildman–Crippen LogP) is 6.08. The SMILES string of the molecule is O=C(O)c1sc([C@H]2CCCN2Cc2ccc(Cl)cc2)nc1Cc1ccc(Cl)cc1. The molecule has 4 nitrogen and oxygen atoms in total. The molecule has 0 aliphatic carbocycles. The largest absolute Gasteiger partial charge is 0.477 e. The number of nitrogens with zero attached hydrogens (tertiary/aromatic N) is 2. The summed E-state index contributed by atoms with van der Waals surface area (Å²) in [7, 11) is 0. The number of rotatable bonds is 6. The van der Waals surface area contributed by atoms with Crippen LogP contribution in [-0.2, 0) is 13.0 Å². The summed E-state index contributed by atoms with van der Waals surface area (Å²) in [5.74, 6) is -0.917. The third kappa shape index (κ3) is 4.81. The topological polar surface area (TPSA) is 53.4 Å². The van der Waals surface area contributed by atoms with E-state index < -0.39 is 5.97 Å². The van der Waals surface area contributed by atoms with E-state index >= 15 is 0 Å². The van der Waals surface area contributed by atoms with E-state index in [1.54, 1.807) is 0 Å². The first kappa shape index (κ1) is 20.4. The molecular weight excluding hydrogens is 427 g/mol. The summed E-state index contributed by atoms with van der Waals surface area (Å²) in [5, 5.41) is 12.0. The molecule has 1 aliphatic rings. The second kappa shape index (κ2) is 8.84. The minimum Gasteiger partial charge on any atom is -0.477 e. The van der Waals surface area contributed by atoms with Gasteiger partial charge in [0.1, 0.15) is 9.88 Å². The van der Waals surface area contributed by atoms with Crippen molar-refractivity contribution in [2.24, 2.45) is 0 Å². The Morgan fingerprint density at radius 1 is 1.07 bits per heavy atom. The number of hydrogen-bond acceptors (Lipinski definition) is 4. The molecule has 0 unspecified atom stereocenters. The highest BCUT2D eigenvalue weighted by Gasteiger charge is 2.30. The van der Waals surface area contributed by atoms with Crippen molar-refractivity contribution in [2.75, 3.05) is 6.54 Å². The van der Waals surface area contributed by atoms with Crippen LogP contribution in [0.15, 0.2) is 48.5 Å². The molecule has 2 heterocycles. The first-order chi connectivity index (χ1) is 14.0. The smallest absolute Gasteiger partial charge is 0.347 e. The molecule has 1 fully saturated rings. The second-order valence-electron chi connectivity index (χ2n) is 7.19. The van der Waals surface area contributed by atoms with Crippen LogP contribution in [0.25, 0.3) is 0 Å². The number of benzene rings is 2. The molecule has 0 saturated carbocycles. The monoisotopic (exact) mass is 446 g/mol. The van der Waals surface area contributed by atoms with Gasteiger partial charge in [-0.1, -0.05) is 47.5 Å². The molecule has 1 aliphatic heterocycles.